The van der Waals surface area contributed by atoms with E-state index >= 15 is 0 Å². The summed E-state index contributed by atoms with van der Waals surface area (Å²) < 4.78 is 89.4. The maximum Gasteiger partial charge on any atom is 0.507 e. The normalized spacial score (nSPS) is 15.1. The third-order valence-corrected chi connectivity index (χ3v) is 5.13. The van der Waals surface area contributed by atoms with Crippen molar-refractivity contribution in [2.75, 3.05) is 17.2 Å². The number of nitrogens with one attached hydrogen (secondary N) is 2. The molecule has 0 bridgehead atoms. The van der Waals surface area contributed by atoms with Gasteiger partial charge in [-0.15, -0.1) is 0 Å². The lowest BCUT2D eigenvalue weighted by molar-refractivity contribution is -0.391. The number of pyridine rings is 1. The molecule has 2 aromatic carbocycles. The van der Waals surface area contributed by atoms with E-state index in [1.54, 1.807) is 6.07 Å². The van der Waals surface area contributed by atoms with Gasteiger partial charge in [0.15, 0.2) is 23.1 Å². The summed E-state index contributed by atoms with van der Waals surface area (Å²) in [5.74, 6) is -5.76. The van der Waals surface area contributed by atoms with Crippen LogP contribution in [0, 0.1) is 11.6 Å². The minimum Gasteiger partial charge on any atom is -0.421 e. The molecule has 4 N–H and O–H groups in total. The summed E-state index contributed by atoms with van der Waals surface area (Å²) in [5.41, 5.74) is 5.23. The number of fused-ring (bicyclic) bond motifs is 1. The smallest absolute Gasteiger partial charge is 0.421 e. The molecule has 0 spiro atoms. The van der Waals surface area contributed by atoms with Gasteiger partial charge in [0.2, 0.25) is 0 Å². The molecule has 0 atom stereocenters. The van der Waals surface area contributed by atoms with Gasteiger partial charge >= 0.3 is 12.2 Å². The van der Waals surface area contributed by atoms with E-state index in [0.29, 0.717) is 11.6 Å². The second kappa shape index (κ2) is 9.52. The van der Waals surface area contributed by atoms with Crippen LogP contribution < -0.4 is 25.8 Å². The zero-order valence-electron chi connectivity index (χ0n) is 18.5. The highest BCUT2D eigenvalue weighted by atomic mass is 19.3. The predicted molar refractivity (Wildman–Crippen MR) is 117 cm³/mol. The Morgan fingerprint density at radius 3 is 2.30 bits per heavy atom. The highest BCUT2D eigenvalue weighted by molar-refractivity contribution is 6.08. The van der Waals surface area contributed by atoms with Crippen LogP contribution in [0.25, 0.3) is 0 Å². The van der Waals surface area contributed by atoms with Crippen LogP contribution in [0.4, 0.5) is 37.7 Å². The van der Waals surface area contributed by atoms with Gasteiger partial charge in [-0.3, -0.25) is 14.6 Å². The number of rotatable bonds is 7. The number of primary amides is 1. The first kappa shape index (κ1) is 25.6. The van der Waals surface area contributed by atoms with Crippen molar-refractivity contribution in [3.8, 4) is 11.5 Å². The first-order chi connectivity index (χ1) is 17.4. The Morgan fingerprint density at radius 2 is 1.59 bits per heavy atom. The fourth-order valence-corrected chi connectivity index (χ4v) is 3.33. The fraction of sp³-hybridized carbons (Fsp3) is 0.174. The van der Waals surface area contributed by atoms with Gasteiger partial charge in [0, 0.05) is 30.6 Å². The van der Waals surface area contributed by atoms with Gasteiger partial charge in [-0.05, 0) is 42.3 Å². The Hall–Kier alpha value is -4.49. The maximum atomic E-state index is 13.9. The third-order valence-electron chi connectivity index (χ3n) is 5.13. The average molecular weight is 526 g/mol. The van der Waals surface area contributed by atoms with E-state index in [0.717, 1.165) is 24.3 Å². The Bertz CT molecular complexity index is 1390. The van der Waals surface area contributed by atoms with Gasteiger partial charge in [-0.1, -0.05) is 0 Å². The number of anilines is 2. The average Bonchev–Trinajstić information content (AvgIpc) is 2.82. The van der Waals surface area contributed by atoms with Crippen molar-refractivity contribution in [1.82, 2.24) is 4.98 Å². The van der Waals surface area contributed by atoms with Crippen LogP contribution >= 0.6 is 0 Å². The molecule has 0 saturated heterocycles. The number of nitrogens with zero attached hydrogens (tertiary/aromatic N) is 1. The molecule has 0 fully saturated rings. The first-order valence-corrected chi connectivity index (χ1v) is 10.4. The fourth-order valence-electron chi connectivity index (χ4n) is 3.33. The summed E-state index contributed by atoms with van der Waals surface area (Å²) in [7, 11) is 0. The van der Waals surface area contributed by atoms with Crippen LogP contribution in [0.3, 0.4) is 0 Å². The van der Waals surface area contributed by atoms with Crippen LogP contribution in [0.1, 0.15) is 26.4 Å². The number of benzene rings is 2. The van der Waals surface area contributed by atoms with Crippen molar-refractivity contribution in [2.45, 2.75) is 18.6 Å². The number of amides is 2. The molecule has 1 aliphatic heterocycles. The highest BCUT2D eigenvalue weighted by Gasteiger charge is 2.65. The summed E-state index contributed by atoms with van der Waals surface area (Å²) in [6.07, 6.45) is -8.22. The number of hydrogen-bond donors (Lipinski definition) is 3. The van der Waals surface area contributed by atoms with Crippen LogP contribution in [-0.2, 0) is 6.42 Å². The molecule has 0 unspecified atom stereocenters. The largest absolute Gasteiger partial charge is 0.507 e. The van der Waals surface area contributed by atoms with Crippen molar-refractivity contribution in [2.24, 2.45) is 5.73 Å². The van der Waals surface area contributed by atoms with Gasteiger partial charge < -0.3 is 25.8 Å². The number of nitrogens with two attached hydrogens (primary N) is 1. The number of hydrogen-bond acceptors (Lipinski definition) is 6. The second-order valence-electron chi connectivity index (χ2n) is 7.76. The predicted octanol–water partition coefficient (Wildman–Crippen LogP) is 4.32. The lowest BCUT2D eigenvalue weighted by Crippen LogP contribution is -2.52. The summed E-state index contributed by atoms with van der Waals surface area (Å²) in [6, 6.07) is 7.16. The standard InChI is InChI=1S/C23H16F6N4O4/c24-14-9-13(16(10-15(14)25)31-5-3-11-4-6-32-17(7-11)20(30)34)21(35)33-12-1-2-18-19(8-12)37-23(28,29)22(26,27)36-18/h1-2,4,6-10,31H,3,5H2,(H2,30,34)(H,33,35). The second-order valence-corrected chi connectivity index (χ2v) is 7.76. The van der Waals surface area contributed by atoms with E-state index in [1.807, 2.05) is 0 Å². The SMILES string of the molecule is NC(=O)c1cc(CCNc2cc(F)c(F)cc2C(=O)Nc2ccc3c(c2)OC(F)(F)C(F)(F)O3)ccn1. The molecule has 4 rings (SSSR count). The number of halogens is 6. The van der Waals surface area contributed by atoms with Gasteiger partial charge in [0.25, 0.3) is 11.8 Å². The molecular formula is C23H16F6N4O4. The maximum absolute atomic E-state index is 13.9. The minimum absolute atomic E-state index is 0.0336. The summed E-state index contributed by atoms with van der Waals surface area (Å²) in [4.78, 5) is 27.9. The van der Waals surface area contributed by atoms with E-state index < -0.39 is 47.2 Å². The van der Waals surface area contributed by atoms with Crippen molar-refractivity contribution in [1.29, 1.82) is 0 Å². The van der Waals surface area contributed by atoms with E-state index in [9.17, 15) is 35.9 Å². The number of carbonyl (C=O) groups excluding carboxylic acids is 2. The number of carbonyl (C=O) groups is 2. The molecule has 194 valence electrons. The van der Waals surface area contributed by atoms with E-state index in [4.69, 9.17) is 5.73 Å². The summed E-state index contributed by atoms with van der Waals surface area (Å²) >= 11 is 0. The van der Waals surface area contributed by atoms with Crippen molar-refractivity contribution >= 4 is 23.2 Å². The number of alkyl halides is 4. The van der Waals surface area contributed by atoms with Crippen molar-refractivity contribution < 1.29 is 45.4 Å². The van der Waals surface area contributed by atoms with Gasteiger partial charge in [-0.2, -0.15) is 17.6 Å². The zero-order valence-corrected chi connectivity index (χ0v) is 18.5. The van der Waals surface area contributed by atoms with Crippen LogP contribution in [-0.4, -0.2) is 35.6 Å². The summed E-state index contributed by atoms with van der Waals surface area (Å²) in [6.45, 7) is 0.112. The quantitative estimate of drug-likeness (QED) is 0.395. The molecule has 2 amide bonds. The van der Waals surface area contributed by atoms with Gasteiger partial charge in [0.1, 0.15) is 5.69 Å². The Balaban J connectivity index is 1.51. The molecular weight excluding hydrogens is 510 g/mol. The monoisotopic (exact) mass is 526 g/mol. The highest BCUT2D eigenvalue weighted by Crippen LogP contribution is 2.47. The molecule has 0 aliphatic carbocycles. The van der Waals surface area contributed by atoms with Crippen molar-refractivity contribution in [3.63, 3.8) is 0 Å². The van der Waals surface area contributed by atoms with Crippen LogP contribution in [0.15, 0.2) is 48.7 Å². The molecule has 37 heavy (non-hydrogen) atoms. The van der Waals surface area contributed by atoms with Crippen LogP contribution in [0.2, 0.25) is 0 Å². The molecule has 0 saturated carbocycles. The Labute approximate surface area is 204 Å². The zero-order chi connectivity index (χ0) is 27.0. The minimum atomic E-state index is -4.97. The molecule has 1 aliphatic rings. The summed E-state index contributed by atoms with van der Waals surface area (Å²) in [5, 5.41) is 5.06. The lowest BCUT2D eigenvalue weighted by Gasteiger charge is -2.31. The van der Waals surface area contributed by atoms with Crippen molar-refractivity contribution in [3.05, 3.63) is 77.1 Å². The topological polar surface area (TPSA) is 116 Å². The molecule has 8 nitrogen and oxygen atoms in total. The third kappa shape index (κ3) is 5.37. The first-order valence-electron chi connectivity index (χ1n) is 10.4. The molecule has 0 radical (unpaired) electrons. The van der Waals surface area contributed by atoms with E-state index in [1.165, 1.54) is 12.3 Å². The number of ether oxygens (including phenoxy) is 2. The molecule has 3 aromatic rings. The van der Waals surface area contributed by atoms with Gasteiger partial charge in [0.05, 0.1) is 11.3 Å². The van der Waals surface area contributed by atoms with E-state index in [2.05, 4.69) is 25.1 Å². The Kier molecular flexibility index (Phi) is 6.59. The van der Waals surface area contributed by atoms with Crippen LogP contribution in [0.5, 0.6) is 11.5 Å². The van der Waals surface area contributed by atoms with Gasteiger partial charge in [-0.25, -0.2) is 8.78 Å². The molecule has 1 aromatic heterocycles. The Morgan fingerprint density at radius 1 is 0.919 bits per heavy atom. The van der Waals surface area contributed by atoms with E-state index in [-0.39, 0.29) is 35.6 Å². The lowest BCUT2D eigenvalue weighted by atomic mass is 10.1. The molecule has 2 heterocycles. The molecule has 14 heteroatoms. The number of aromatic nitrogens is 1.